The minimum atomic E-state index is 0.428. The first-order valence-corrected chi connectivity index (χ1v) is 5.20. The van der Waals surface area contributed by atoms with Gasteiger partial charge in [0.25, 0.3) is 0 Å². The predicted octanol–water partition coefficient (Wildman–Crippen LogP) is -1.14. The first-order chi connectivity index (χ1) is 7.40. The fourth-order valence-electron chi connectivity index (χ4n) is 1.92. The topological polar surface area (TPSA) is 88.8 Å². The molecule has 0 aliphatic carbocycles. The molecule has 2 heterocycles. The fraction of sp³-hybridized carbons (Fsp3) is 0.667. The molecule has 0 amide bonds. The SMILES string of the molecule is NCCC1NNCC1Cc1cncnn1. The molecule has 0 bridgehead atoms. The third-order valence-electron chi connectivity index (χ3n) is 2.70. The van der Waals surface area contributed by atoms with Crippen molar-refractivity contribution in [1.82, 2.24) is 26.0 Å². The van der Waals surface area contributed by atoms with Gasteiger partial charge in [0.1, 0.15) is 6.33 Å². The Morgan fingerprint density at radius 3 is 3.20 bits per heavy atom. The maximum atomic E-state index is 5.56. The van der Waals surface area contributed by atoms with Gasteiger partial charge in [0.15, 0.2) is 0 Å². The van der Waals surface area contributed by atoms with Gasteiger partial charge in [-0.25, -0.2) is 4.98 Å². The zero-order valence-corrected chi connectivity index (χ0v) is 8.56. The van der Waals surface area contributed by atoms with Gasteiger partial charge in [-0.2, -0.15) is 5.10 Å². The molecule has 1 aromatic rings. The second-order valence-corrected chi connectivity index (χ2v) is 3.77. The van der Waals surface area contributed by atoms with E-state index in [1.807, 2.05) is 0 Å². The van der Waals surface area contributed by atoms with Gasteiger partial charge in [0.2, 0.25) is 0 Å². The molecular formula is C9H16N6. The molecule has 1 fully saturated rings. The number of hydrazine groups is 1. The Hall–Kier alpha value is -1.11. The average Bonchev–Trinajstić information content (AvgIpc) is 2.68. The van der Waals surface area contributed by atoms with Gasteiger partial charge in [-0.3, -0.25) is 10.9 Å². The Morgan fingerprint density at radius 1 is 1.53 bits per heavy atom. The molecule has 0 spiro atoms. The molecule has 82 valence electrons. The summed E-state index contributed by atoms with van der Waals surface area (Å²) in [5, 5.41) is 7.81. The van der Waals surface area contributed by atoms with Crippen LogP contribution in [0.4, 0.5) is 0 Å². The monoisotopic (exact) mass is 208 g/mol. The molecule has 15 heavy (non-hydrogen) atoms. The number of rotatable bonds is 4. The minimum absolute atomic E-state index is 0.428. The summed E-state index contributed by atoms with van der Waals surface area (Å²) in [6, 6.07) is 0.428. The van der Waals surface area contributed by atoms with Crippen LogP contribution in [0.1, 0.15) is 12.1 Å². The van der Waals surface area contributed by atoms with E-state index in [-0.39, 0.29) is 0 Å². The Balaban J connectivity index is 1.93. The Kier molecular flexibility index (Phi) is 3.54. The van der Waals surface area contributed by atoms with Crippen LogP contribution in [0.25, 0.3) is 0 Å². The van der Waals surface area contributed by atoms with E-state index in [9.17, 15) is 0 Å². The van der Waals surface area contributed by atoms with Crippen molar-refractivity contribution >= 4 is 0 Å². The van der Waals surface area contributed by atoms with Gasteiger partial charge in [0.05, 0.1) is 11.9 Å². The van der Waals surface area contributed by atoms with Gasteiger partial charge in [-0.1, -0.05) is 0 Å². The van der Waals surface area contributed by atoms with Crippen molar-refractivity contribution in [2.75, 3.05) is 13.1 Å². The molecule has 2 unspecified atom stereocenters. The molecule has 2 rings (SSSR count). The maximum Gasteiger partial charge on any atom is 0.138 e. The third-order valence-corrected chi connectivity index (χ3v) is 2.70. The van der Waals surface area contributed by atoms with Crippen LogP contribution in [0.3, 0.4) is 0 Å². The quantitative estimate of drug-likeness (QED) is 0.579. The van der Waals surface area contributed by atoms with Crippen LogP contribution < -0.4 is 16.6 Å². The van der Waals surface area contributed by atoms with E-state index in [1.165, 1.54) is 6.33 Å². The van der Waals surface area contributed by atoms with Crippen molar-refractivity contribution in [2.45, 2.75) is 18.9 Å². The molecule has 0 aromatic carbocycles. The first-order valence-electron chi connectivity index (χ1n) is 5.20. The highest BCUT2D eigenvalue weighted by molar-refractivity contribution is 4.97. The molecule has 6 nitrogen and oxygen atoms in total. The number of hydrogen-bond donors (Lipinski definition) is 3. The second kappa shape index (κ2) is 5.11. The van der Waals surface area contributed by atoms with E-state index in [0.29, 0.717) is 18.5 Å². The van der Waals surface area contributed by atoms with Crippen molar-refractivity contribution in [2.24, 2.45) is 11.7 Å². The van der Waals surface area contributed by atoms with Gasteiger partial charge >= 0.3 is 0 Å². The molecule has 1 aliphatic rings. The molecule has 6 heteroatoms. The Bertz CT molecular complexity index is 290. The van der Waals surface area contributed by atoms with Crippen molar-refractivity contribution < 1.29 is 0 Å². The lowest BCUT2D eigenvalue weighted by molar-refractivity contribution is 0.428. The molecule has 0 saturated carbocycles. The highest BCUT2D eigenvalue weighted by Crippen LogP contribution is 2.15. The fourth-order valence-corrected chi connectivity index (χ4v) is 1.92. The van der Waals surface area contributed by atoms with Crippen LogP contribution in [0, 0.1) is 5.92 Å². The number of nitrogens with two attached hydrogens (primary N) is 1. The van der Waals surface area contributed by atoms with Gasteiger partial charge in [0, 0.05) is 12.6 Å². The average molecular weight is 208 g/mol. The molecule has 2 atom stereocenters. The van der Waals surface area contributed by atoms with Crippen molar-refractivity contribution in [3.63, 3.8) is 0 Å². The molecular weight excluding hydrogens is 192 g/mol. The number of nitrogens with one attached hydrogen (secondary N) is 2. The highest BCUT2D eigenvalue weighted by atomic mass is 15.4. The summed E-state index contributed by atoms with van der Waals surface area (Å²) in [7, 11) is 0. The highest BCUT2D eigenvalue weighted by Gasteiger charge is 2.26. The predicted molar refractivity (Wildman–Crippen MR) is 55.6 cm³/mol. The lowest BCUT2D eigenvalue weighted by atomic mass is 9.94. The molecule has 1 aliphatic heterocycles. The minimum Gasteiger partial charge on any atom is -0.330 e. The van der Waals surface area contributed by atoms with Crippen LogP contribution >= 0.6 is 0 Å². The van der Waals surface area contributed by atoms with Crippen LogP contribution in [-0.4, -0.2) is 34.3 Å². The van der Waals surface area contributed by atoms with Crippen molar-refractivity contribution in [3.8, 4) is 0 Å². The summed E-state index contributed by atoms with van der Waals surface area (Å²) in [6.07, 6.45) is 5.09. The van der Waals surface area contributed by atoms with E-state index in [1.54, 1.807) is 6.20 Å². The smallest absolute Gasteiger partial charge is 0.138 e. The lowest BCUT2D eigenvalue weighted by Crippen LogP contribution is -2.34. The number of hydrogen-bond acceptors (Lipinski definition) is 6. The standard InChI is InChI=1S/C9H16N6/c10-2-1-9-7(4-12-15-9)3-8-5-11-6-13-14-8/h5-7,9,12,15H,1-4,10H2. The summed E-state index contributed by atoms with van der Waals surface area (Å²) in [5.74, 6) is 0.520. The van der Waals surface area contributed by atoms with E-state index in [0.717, 1.165) is 25.1 Å². The van der Waals surface area contributed by atoms with Crippen LogP contribution in [0.15, 0.2) is 12.5 Å². The van der Waals surface area contributed by atoms with E-state index >= 15 is 0 Å². The first kappa shape index (κ1) is 10.4. The molecule has 0 radical (unpaired) electrons. The maximum absolute atomic E-state index is 5.56. The van der Waals surface area contributed by atoms with E-state index in [4.69, 9.17) is 5.73 Å². The number of nitrogens with zero attached hydrogens (tertiary/aromatic N) is 3. The molecule has 1 saturated heterocycles. The zero-order chi connectivity index (χ0) is 10.5. The lowest BCUT2D eigenvalue weighted by Gasteiger charge is -2.16. The Labute approximate surface area is 88.7 Å². The number of aromatic nitrogens is 3. The summed E-state index contributed by atoms with van der Waals surface area (Å²) in [6.45, 7) is 1.65. The van der Waals surface area contributed by atoms with E-state index < -0.39 is 0 Å². The normalized spacial score (nSPS) is 25.7. The molecule has 1 aromatic heterocycles. The summed E-state index contributed by atoms with van der Waals surface area (Å²) in [5.41, 5.74) is 12.9. The van der Waals surface area contributed by atoms with Gasteiger partial charge in [-0.05, 0) is 25.3 Å². The van der Waals surface area contributed by atoms with Gasteiger partial charge < -0.3 is 5.73 Å². The summed E-state index contributed by atoms with van der Waals surface area (Å²) >= 11 is 0. The largest absolute Gasteiger partial charge is 0.330 e. The second-order valence-electron chi connectivity index (χ2n) is 3.77. The third kappa shape index (κ3) is 2.68. The van der Waals surface area contributed by atoms with E-state index in [2.05, 4.69) is 26.0 Å². The van der Waals surface area contributed by atoms with Crippen molar-refractivity contribution in [3.05, 3.63) is 18.2 Å². The summed E-state index contributed by atoms with van der Waals surface area (Å²) < 4.78 is 0. The summed E-state index contributed by atoms with van der Waals surface area (Å²) in [4.78, 5) is 3.96. The molecule has 4 N–H and O–H groups in total. The van der Waals surface area contributed by atoms with Crippen LogP contribution in [0.2, 0.25) is 0 Å². The van der Waals surface area contributed by atoms with Gasteiger partial charge in [-0.15, -0.1) is 5.10 Å². The van der Waals surface area contributed by atoms with Crippen LogP contribution in [-0.2, 0) is 6.42 Å². The zero-order valence-electron chi connectivity index (χ0n) is 8.56. The van der Waals surface area contributed by atoms with Crippen molar-refractivity contribution in [1.29, 1.82) is 0 Å². The van der Waals surface area contributed by atoms with Crippen LogP contribution in [0.5, 0.6) is 0 Å². The Morgan fingerprint density at radius 2 is 2.47 bits per heavy atom.